The molecule has 34 heavy (non-hydrogen) atoms. The highest BCUT2D eigenvalue weighted by atomic mass is 16.5. The van der Waals surface area contributed by atoms with E-state index in [0.717, 1.165) is 22.4 Å². The van der Waals surface area contributed by atoms with Crippen molar-refractivity contribution in [3.63, 3.8) is 0 Å². The van der Waals surface area contributed by atoms with E-state index in [1.165, 1.54) is 0 Å². The highest BCUT2D eigenvalue weighted by Gasteiger charge is 2.26. The molecule has 7 nitrogen and oxygen atoms in total. The molecule has 1 unspecified atom stereocenters. The third-order valence-corrected chi connectivity index (χ3v) is 5.80. The lowest BCUT2D eigenvalue weighted by Gasteiger charge is -2.11. The second-order valence-electron chi connectivity index (χ2n) is 8.15. The Morgan fingerprint density at radius 2 is 1.82 bits per heavy atom. The Morgan fingerprint density at radius 3 is 2.59 bits per heavy atom. The van der Waals surface area contributed by atoms with E-state index in [1.54, 1.807) is 14.2 Å². The lowest BCUT2D eigenvalue weighted by Crippen LogP contribution is -2.34. The van der Waals surface area contributed by atoms with Crippen molar-refractivity contribution in [2.45, 2.75) is 31.7 Å². The molecule has 1 aliphatic rings. The number of ether oxygens (including phenoxy) is 3. The number of nitrogens with one attached hydrogen (secondary N) is 1. The van der Waals surface area contributed by atoms with Crippen molar-refractivity contribution in [2.75, 3.05) is 20.8 Å². The van der Waals surface area contributed by atoms with Crippen LogP contribution in [0, 0.1) is 0 Å². The Kier molecular flexibility index (Phi) is 7.42. The number of aromatic nitrogens is 1. The molecule has 1 N–H and O–H groups in total. The van der Waals surface area contributed by atoms with Crippen LogP contribution in [0.15, 0.2) is 60.7 Å². The number of rotatable bonds is 10. The zero-order valence-corrected chi connectivity index (χ0v) is 19.4. The van der Waals surface area contributed by atoms with E-state index in [4.69, 9.17) is 14.2 Å². The molecule has 0 radical (unpaired) electrons. The minimum absolute atomic E-state index is 0.0307. The van der Waals surface area contributed by atoms with Crippen molar-refractivity contribution >= 4 is 11.7 Å². The molecule has 0 bridgehead atoms. The van der Waals surface area contributed by atoms with Crippen molar-refractivity contribution in [3.05, 3.63) is 71.8 Å². The van der Waals surface area contributed by atoms with Gasteiger partial charge in [0, 0.05) is 30.9 Å². The summed E-state index contributed by atoms with van der Waals surface area (Å²) >= 11 is 0. The van der Waals surface area contributed by atoms with Gasteiger partial charge in [-0.1, -0.05) is 30.3 Å². The van der Waals surface area contributed by atoms with Crippen LogP contribution < -0.4 is 19.5 Å². The quantitative estimate of drug-likeness (QED) is 0.496. The van der Waals surface area contributed by atoms with Crippen LogP contribution in [0.25, 0.3) is 11.3 Å². The van der Waals surface area contributed by atoms with Gasteiger partial charge in [0.25, 0.3) is 0 Å². The van der Waals surface area contributed by atoms with Crippen molar-refractivity contribution in [1.29, 1.82) is 0 Å². The van der Waals surface area contributed by atoms with Gasteiger partial charge in [-0.05, 0) is 41.8 Å². The Labute approximate surface area is 199 Å². The minimum atomic E-state index is -0.378. The van der Waals surface area contributed by atoms with Gasteiger partial charge in [0.05, 0.1) is 32.6 Å². The Hall–Kier alpha value is -3.87. The number of Topliss-reactive ketones (excluding diaryl/α,β-unsaturated/α-hetero) is 1. The number of hydrogen-bond donors (Lipinski definition) is 1. The second-order valence-corrected chi connectivity index (χ2v) is 8.15. The number of benzene rings is 2. The van der Waals surface area contributed by atoms with Gasteiger partial charge in [0.15, 0.2) is 17.3 Å². The van der Waals surface area contributed by atoms with E-state index in [0.29, 0.717) is 43.2 Å². The molecule has 0 spiro atoms. The van der Waals surface area contributed by atoms with Gasteiger partial charge in [0.2, 0.25) is 11.8 Å². The molecule has 4 rings (SSSR count). The molecule has 1 aromatic heterocycles. The molecule has 1 saturated heterocycles. The maximum absolute atomic E-state index is 12.5. The number of carbonyl (C=O) groups is 2. The first-order valence-electron chi connectivity index (χ1n) is 11.3. The van der Waals surface area contributed by atoms with Crippen molar-refractivity contribution in [3.8, 4) is 28.6 Å². The fourth-order valence-electron chi connectivity index (χ4n) is 3.99. The number of amides is 1. The first kappa shape index (κ1) is 23.3. The highest BCUT2D eigenvalue weighted by molar-refractivity contribution is 5.93. The van der Waals surface area contributed by atoms with Gasteiger partial charge in [0.1, 0.15) is 0 Å². The van der Waals surface area contributed by atoms with Crippen LogP contribution in [-0.2, 0) is 22.4 Å². The highest BCUT2D eigenvalue weighted by Crippen LogP contribution is 2.28. The van der Waals surface area contributed by atoms with Crippen LogP contribution in [0.3, 0.4) is 0 Å². The number of nitrogens with zero attached hydrogens (tertiary/aromatic N) is 1. The molecule has 1 amide bonds. The number of ketones is 1. The lowest BCUT2D eigenvalue weighted by atomic mass is 10.00. The van der Waals surface area contributed by atoms with E-state index in [-0.39, 0.29) is 24.2 Å². The third-order valence-electron chi connectivity index (χ3n) is 5.80. The van der Waals surface area contributed by atoms with Crippen LogP contribution >= 0.6 is 0 Å². The van der Waals surface area contributed by atoms with Crippen molar-refractivity contribution in [1.82, 2.24) is 10.3 Å². The molecular formula is C27H28N2O5. The molecule has 2 heterocycles. The van der Waals surface area contributed by atoms with E-state index < -0.39 is 0 Å². The first-order valence-corrected chi connectivity index (χ1v) is 11.3. The predicted molar refractivity (Wildman–Crippen MR) is 128 cm³/mol. The zero-order chi connectivity index (χ0) is 23.9. The van der Waals surface area contributed by atoms with Gasteiger partial charge < -0.3 is 19.5 Å². The summed E-state index contributed by atoms with van der Waals surface area (Å²) in [7, 11) is 3.23. The molecule has 0 aliphatic carbocycles. The van der Waals surface area contributed by atoms with Crippen LogP contribution in [-0.4, -0.2) is 43.5 Å². The average Bonchev–Trinajstić information content (AvgIpc) is 3.31. The maximum atomic E-state index is 12.5. The molecule has 1 fully saturated rings. The number of hydrogen-bond acceptors (Lipinski definition) is 6. The van der Waals surface area contributed by atoms with Crippen LogP contribution in [0.2, 0.25) is 0 Å². The molecule has 7 heteroatoms. The molecular weight excluding hydrogens is 432 g/mol. The van der Waals surface area contributed by atoms with Crippen molar-refractivity contribution < 1.29 is 23.8 Å². The van der Waals surface area contributed by atoms with E-state index in [9.17, 15) is 9.59 Å². The summed E-state index contributed by atoms with van der Waals surface area (Å²) in [4.78, 5) is 28.5. The van der Waals surface area contributed by atoms with E-state index in [1.807, 2.05) is 60.7 Å². The molecule has 1 atom stereocenters. The second kappa shape index (κ2) is 10.8. The summed E-state index contributed by atoms with van der Waals surface area (Å²) in [6.07, 6.45) is 1.96. The largest absolute Gasteiger partial charge is 0.493 e. The molecule has 176 valence electrons. The Morgan fingerprint density at radius 1 is 1.00 bits per heavy atom. The monoisotopic (exact) mass is 460 g/mol. The topological polar surface area (TPSA) is 86.8 Å². The Balaban J connectivity index is 1.38. The van der Waals surface area contributed by atoms with Gasteiger partial charge in [-0.3, -0.25) is 9.59 Å². The number of carbonyl (C=O) groups excluding carboxylic acids is 2. The fraction of sp³-hybridized carbons (Fsp3) is 0.296. The summed E-state index contributed by atoms with van der Waals surface area (Å²) in [6, 6.07) is 18.8. The summed E-state index contributed by atoms with van der Waals surface area (Å²) in [5, 5.41) is 2.74. The van der Waals surface area contributed by atoms with Gasteiger partial charge in [-0.15, -0.1) is 0 Å². The van der Waals surface area contributed by atoms with Gasteiger partial charge in [-0.25, -0.2) is 4.98 Å². The van der Waals surface area contributed by atoms with Crippen LogP contribution in [0.4, 0.5) is 0 Å². The normalized spacial score (nSPS) is 15.0. The van der Waals surface area contributed by atoms with E-state index in [2.05, 4.69) is 10.3 Å². The fourth-order valence-corrected chi connectivity index (χ4v) is 3.99. The van der Waals surface area contributed by atoms with Gasteiger partial charge in [-0.2, -0.15) is 0 Å². The lowest BCUT2D eigenvalue weighted by molar-refractivity contribution is -0.124. The van der Waals surface area contributed by atoms with Crippen molar-refractivity contribution in [2.24, 2.45) is 0 Å². The number of methoxy groups -OCH3 is 2. The first-order chi connectivity index (χ1) is 16.6. The van der Waals surface area contributed by atoms with Gasteiger partial charge >= 0.3 is 0 Å². The number of pyridine rings is 1. The smallest absolute Gasteiger partial charge is 0.220 e. The molecule has 0 saturated carbocycles. The maximum Gasteiger partial charge on any atom is 0.220 e. The summed E-state index contributed by atoms with van der Waals surface area (Å²) in [6.45, 7) is 0.466. The summed E-state index contributed by atoms with van der Waals surface area (Å²) in [5.74, 6) is 1.89. The minimum Gasteiger partial charge on any atom is -0.493 e. The van der Waals surface area contributed by atoms with Crippen LogP contribution in [0.5, 0.6) is 17.4 Å². The van der Waals surface area contributed by atoms with Crippen LogP contribution in [0.1, 0.15) is 24.0 Å². The standard InChI is InChI=1S/C27H28N2O5/c1-32-24-11-9-18(17-25(24)33-2)13-14-34-27-8-4-7-21(29-27)20-6-3-5-19(15-20)16-23(30)22-10-12-26(31)28-22/h3-9,11,15,17,22H,10,12-14,16H2,1-2H3,(H,28,31). The predicted octanol–water partition coefficient (Wildman–Crippen LogP) is 3.78. The summed E-state index contributed by atoms with van der Waals surface area (Å²) in [5.41, 5.74) is 3.65. The SMILES string of the molecule is COc1ccc(CCOc2cccc(-c3cccc(CC(=O)C4CCC(=O)N4)c3)n2)cc1OC. The summed E-state index contributed by atoms with van der Waals surface area (Å²) < 4.78 is 16.5. The third kappa shape index (κ3) is 5.73. The Bertz CT molecular complexity index is 1180. The average molecular weight is 461 g/mol. The zero-order valence-electron chi connectivity index (χ0n) is 19.4. The van der Waals surface area contributed by atoms with E-state index >= 15 is 0 Å². The molecule has 1 aliphatic heterocycles. The molecule has 3 aromatic rings. The molecule has 2 aromatic carbocycles.